The van der Waals surface area contributed by atoms with Crippen molar-refractivity contribution in [2.24, 2.45) is 0 Å². The number of aromatic nitrogens is 3. The summed E-state index contributed by atoms with van der Waals surface area (Å²) < 4.78 is 1.77. The monoisotopic (exact) mass is 347 g/mol. The van der Waals surface area contributed by atoms with Gasteiger partial charge < -0.3 is 5.32 Å². The van der Waals surface area contributed by atoms with Gasteiger partial charge in [-0.3, -0.25) is 9.69 Å². The molecule has 2 aromatic carbocycles. The fraction of sp³-hybridized carbons (Fsp3) is 0.250. The standard InChI is InChI=1S/C20H21N5O/c26-20-19(13-16-7-3-1-4-8-16)24(12-11-21-20)14-17-15-25(23-22-17)18-9-5-2-6-10-18/h1-10,15,19H,11-14H2,(H,21,26)/t19-/m1/s1. The summed E-state index contributed by atoms with van der Waals surface area (Å²) in [6.07, 6.45) is 2.63. The number of carbonyl (C=O) groups is 1. The SMILES string of the molecule is O=C1NCCN(Cc2cn(-c3ccccc3)nn2)[C@@H]1Cc1ccccc1. The van der Waals surface area contributed by atoms with Crippen LogP contribution in [0.2, 0.25) is 0 Å². The van der Waals surface area contributed by atoms with E-state index in [1.54, 1.807) is 4.68 Å². The molecule has 6 heteroatoms. The fourth-order valence-corrected chi connectivity index (χ4v) is 3.30. The van der Waals surface area contributed by atoms with Crippen molar-refractivity contribution in [2.45, 2.75) is 19.0 Å². The summed E-state index contributed by atoms with van der Waals surface area (Å²) in [6, 6.07) is 19.8. The van der Waals surface area contributed by atoms with Gasteiger partial charge in [0.05, 0.1) is 23.6 Å². The van der Waals surface area contributed by atoms with Crippen LogP contribution in [0.1, 0.15) is 11.3 Å². The number of piperazine rings is 1. The zero-order valence-electron chi connectivity index (χ0n) is 14.5. The van der Waals surface area contributed by atoms with Crippen LogP contribution in [0.15, 0.2) is 66.9 Å². The molecule has 0 spiro atoms. The molecule has 132 valence electrons. The van der Waals surface area contributed by atoms with E-state index in [2.05, 4.69) is 32.7 Å². The Morgan fingerprint density at radius 1 is 1.04 bits per heavy atom. The third-order valence-corrected chi connectivity index (χ3v) is 4.64. The Morgan fingerprint density at radius 3 is 2.54 bits per heavy atom. The molecule has 1 atom stereocenters. The van der Waals surface area contributed by atoms with E-state index >= 15 is 0 Å². The van der Waals surface area contributed by atoms with E-state index in [9.17, 15) is 4.79 Å². The molecule has 1 aromatic heterocycles. The number of nitrogens with zero attached hydrogens (tertiary/aromatic N) is 4. The van der Waals surface area contributed by atoms with Gasteiger partial charge in [-0.2, -0.15) is 0 Å². The van der Waals surface area contributed by atoms with E-state index in [0.29, 0.717) is 19.5 Å². The molecule has 0 bridgehead atoms. The second-order valence-electron chi connectivity index (χ2n) is 6.46. The summed E-state index contributed by atoms with van der Waals surface area (Å²) in [5, 5.41) is 11.5. The number of hydrogen-bond acceptors (Lipinski definition) is 4. The Bertz CT molecular complexity index is 862. The molecule has 1 saturated heterocycles. The predicted octanol–water partition coefficient (Wildman–Crippen LogP) is 1.81. The number of benzene rings is 2. The first-order valence-electron chi connectivity index (χ1n) is 8.82. The smallest absolute Gasteiger partial charge is 0.237 e. The van der Waals surface area contributed by atoms with E-state index in [1.165, 1.54) is 0 Å². The Morgan fingerprint density at radius 2 is 1.77 bits per heavy atom. The minimum Gasteiger partial charge on any atom is -0.353 e. The molecule has 3 aromatic rings. The molecule has 0 aliphatic carbocycles. The summed E-state index contributed by atoms with van der Waals surface area (Å²) in [6.45, 7) is 2.08. The summed E-state index contributed by atoms with van der Waals surface area (Å²) in [4.78, 5) is 14.6. The van der Waals surface area contributed by atoms with Crippen LogP contribution in [0.25, 0.3) is 5.69 Å². The van der Waals surface area contributed by atoms with Crippen molar-refractivity contribution in [3.05, 3.63) is 78.1 Å². The van der Waals surface area contributed by atoms with E-state index in [1.807, 2.05) is 54.7 Å². The van der Waals surface area contributed by atoms with Gasteiger partial charge in [0.2, 0.25) is 5.91 Å². The molecule has 0 saturated carbocycles. The second-order valence-corrected chi connectivity index (χ2v) is 6.46. The van der Waals surface area contributed by atoms with Gasteiger partial charge in [0, 0.05) is 19.6 Å². The maximum absolute atomic E-state index is 12.4. The number of carbonyl (C=O) groups excluding carboxylic acids is 1. The van der Waals surface area contributed by atoms with Gasteiger partial charge in [-0.25, -0.2) is 4.68 Å². The topological polar surface area (TPSA) is 63.1 Å². The van der Waals surface area contributed by atoms with Crippen molar-refractivity contribution in [1.82, 2.24) is 25.2 Å². The maximum atomic E-state index is 12.4. The Kier molecular flexibility index (Phi) is 4.75. The van der Waals surface area contributed by atoms with E-state index in [0.717, 1.165) is 23.5 Å². The molecule has 1 fully saturated rings. The van der Waals surface area contributed by atoms with Gasteiger partial charge in [0.1, 0.15) is 0 Å². The molecule has 26 heavy (non-hydrogen) atoms. The highest BCUT2D eigenvalue weighted by atomic mass is 16.2. The predicted molar refractivity (Wildman–Crippen MR) is 98.7 cm³/mol. The Labute approximate surface area is 152 Å². The van der Waals surface area contributed by atoms with Crippen molar-refractivity contribution in [1.29, 1.82) is 0 Å². The van der Waals surface area contributed by atoms with Crippen LogP contribution in [0.4, 0.5) is 0 Å². The van der Waals surface area contributed by atoms with Gasteiger partial charge in [-0.15, -0.1) is 5.10 Å². The highest BCUT2D eigenvalue weighted by molar-refractivity contribution is 5.82. The lowest BCUT2D eigenvalue weighted by molar-refractivity contribution is -0.129. The summed E-state index contributed by atoms with van der Waals surface area (Å²) in [5.41, 5.74) is 3.00. The second kappa shape index (κ2) is 7.49. The highest BCUT2D eigenvalue weighted by Gasteiger charge is 2.30. The lowest BCUT2D eigenvalue weighted by Crippen LogP contribution is -2.55. The zero-order valence-corrected chi connectivity index (χ0v) is 14.5. The maximum Gasteiger partial charge on any atom is 0.237 e. The molecule has 6 nitrogen and oxygen atoms in total. The van der Waals surface area contributed by atoms with Crippen LogP contribution in [-0.4, -0.2) is 44.9 Å². The van der Waals surface area contributed by atoms with Crippen molar-refractivity contribution in [3.63, 3.8) is 0 Å². The van der Waals surface area contributed by atoms with Crippen molar-refractivity contribution >= 4 is 5.91 Å². The zero-order chi connectivity index (χ0) is 17.8. The van der Waals surface area contributed by atoms with Crippen LogP contribution < -0.4 is 5.32 Å². The van der Waals surface area contributed by atoms with Crippen molar-refractivity contribution < 1.29 is 4.79 Å². The van der Waals surface area contributed by atoms with Crippen molar-refractivity contribution in [3.8, 4) is 5.69 Å². The normalized spacial score (nSPS) is 17.8. The summed E-state index contributed by atoms with van der Waals surface area (Å²) in [5.74, 6) is 0.0792. The molecule has 4 rings (SSSR count). The lowest BCUT2D eigenvalue weighted by atomic mass is 10.0. The first kappa shape index (κ1) is 16.5. The molecule has 0 unspecified atom stereocenters. The van der Waals surface area contributed by atoms with Crippen molar-refractivity contribution in [2.75, 3.05) is 13.1 Å². The quantitative estimate of drug-likeness (QED) is 0.765. The molecule has 1 N–H and O–H groups in total. The number of amides is 1. The first-order chi connectivity index (χ1) is 12.8. The van der Waals surface area contributed by atoms with Crippen LogP contribution in [-0.2, 0) is 17.8 Å². The van der Waals surface area contributed by atoms with Crippen LogP contribution in [0.3, 0.4) is 0 Å². The Hall–Kier alpha value is -2.99. The number of para-hydroxylation sites is 1. The average molecular weight is 347 g/mol. The molecular weight excluding hydrogens is 326 g/mol. The molecule has 1 aliphatic heterocycles. The van der Waals surface area contributed by atoms with Gasteiger partial charge in [0.25, 0.3) is 0 Å². The van der Waals surface area contributed by atoms with E-state index in [4.69, 9.17) is 0 Å². The number of nitrogens with one attached hydrogen (secondary N) is 1. The highest BCUT2D eigenvalue weighted by Crippen LogP contribution is 2.15. The molecule has 1 amide bonds. The minimum atomic E-state index is -0.187. The largest absolute Gasteiger partial charge is 0.353 e. The van der Waals surface area contributed by atoms with Gasteiger partial charge in [0.15, 0.2) is 0 Å². The summed E-state index contributed by atoms with van der Waals surface area (Å²) in [7, 11) is 0. The minimum absolute atomic E-state index is 0.0792. The van der Waals surface area contributed by atoms with E-state index < -0.39 is 0 Å². The van der Waals surface area contributed by atoms with Crippen LogP contribution >= 0.6 is 0 Å². The van der Waals surface area contributed by atoms with E-state index in [-0.39, 0.29) is 11.9 Å². The van der Waals surface area contributed by atoms with Crippen LogP contribution in [0.5, 0.6) is 0 Å². The lowest BCUT2D eigenvalue weighted by Gasteiger charge is -2.34. The third-order valence-electron chi connectivity index (χ3n) is 4.64. The molecule has 2 heterocycles. The molecular formula is C20H21N5O. The average Bonchev–Trinajstić information content (AvgIpc) is 3.15. The number of hydrogen-bond donors (Lipinski definition) is 1. The number of rotatable bonds is 5. The van der Waals surface area contributed by atoms with Gasteiger partial charge >= 0.3 is 0 Å². The fourth-order valence-electron chi connectivity index (χ4n) is 3.30. The first-order valence-corrected chi connectivity index (χ1v) is 8.82. The van der Waals surface area contributed by atoms with Gasteiger partial charge in [-0.1, -0.05) is 53.7 Å². The third kappa shape index (κ3) is 3.65. The van der Waals surface area contributed by atoms with Crippen LogP contribution in [0, 0.1) is 0 Å². The molecule has 1 aliphatic rings. The summed E-state index contributed by atoms with van der Waals surface area (Å²) >= 11 is 0. The Balaban J connectivity index is 1.50. The molecule has 0 radical (unpaired) electrons. The van der Waals surface area contributed by atoms with Gasteiger partial charge in [-0.05, 0) is 24.1 Å².